The lowest BCUT2D eigenvalue weighted by Crippen LogP contribution is -2.31. The number of allylic oxidation sites excluding steroid dienone is 1. The van der Waals surface area contributed by atoms with Gasteiger partial charge in [0.15, 0.2) is 5.82 Å². The molecule has 0 fully saturated rings. The number of fused-ring (bicyclic) bond motifs is 1. The lowest BCUT2D eigenvalue weighted by molar-refractivity contribution is -0.113. The molecule has 1 amide bonds. The molecule has 3 N–H and O–H groups in total. The van der Waals surface area contributed by atoms with E-state index in [9.17, 15) is 9.90 Å². The van der Waals surface area contributed by atoms with E-state index in [1.165, 1.54) is 0 Å². The first-order chi connectivity index (χ1) is 16.0. The number of rotatable bonds is 4. The van der Waals surface area contributed by atoms with Gasteiger partial charge in [0, 0.05) is 28.0 Å². The molecule has 0 bridgehead atoms. The SMILES string of the molecule is CC1=C(C(=O)Nc2cccnc2)[C@H](c2ccccc2Cl)n2nc(-c3ccc(O)cc3)nc2N1. The van der Waals surface area contributed by atoms with Crippen LogP contribution in [0.25, 0.3) is 11.4 Å². The lowest BCUT2D eigenvalue weighted by atomic mass is 9.95. The second-order valence-corrected chi connectivity index (χ2v) is 7.94. The number of phenols is 1. The number of amides is 1. The van der Waals surface area contributed by atoms with E-state index in [2.05, 4.69) is 20.6 Å². The molecule has 1 atom stereocenters. The third kappa shape index (κ3) is 3.92. The van der Waals surface area contributed by atoms with Crippen molar-refractivity contribution in [2.45, 2.75) is 13.0 Å². The van der Waals surface area contributed by atoms with Gasteiger partial charge in [-0.3, -0.25) is 9.78 Å². The third-order valence-corrected chi connectivity index (χ3v) is 5.69. The molecular weight excluding hydrogens is 440 g/mol. The van der Waals surface area contributed by atoms with Crippen molar-refractivity contribution in [2.75, 3.05) is 10.6 Å². The Kier molecular flexibility index (Phi) is 5.27. The molecule has 9 heteroatoms. The molecule has 0 saturated heterocycles. The molecule has 1 aliphatic heterocycles. The summed E-state index contributed by atoms with van der Waals surface area (Å²) in [7, 11) is 0. The Bertz CT molecular complexity index is 1370. The van der Waals surface area contributed by atoms with Crippen molar-refractivity contribution in [3.8, 4) is 17.1 Å². The minimum atomic E-state index is -0.606. The fourth-order valence-electron chi connectivity index (χ4n) is 3.80. The van der Waals surface area contributed by atoms with Gasteiger partial charge in [-0.05, 0) is 49.4 Å². The minimum Gasteiger partial charge on any atom is -0.508 e. The Balaban J connectivity index is 1.62. The second-order valence-electron chi connectivity index (χ2n) is 7.53. The summed E-state index contributed by atoms with van der Waals surface area (Å²) in [6.07, 6.45) is 3.22. The van der Waals surface area contributed by atoms with Gasteiger partial charge in [0.1, 0.15) is 11.8 Å². The standard InChI is InChI=1S/C24H19ClN6O2/c1-14-20(23(33)28-16-5-4-12-26-13-16)21(18-6-2-3-7-19(18)25)31-24(27-14)29-22(30-31)15-8-10-17(32)11-9-15/h2-13,21,32H,1H3,(H,28,33)(H,27,29,30)/t21-/m0/s1. The smallest absolute Gasteiger partial charge is 0.255 e. The molecular formula is C24H19ClN6O2. The maximum absolute atomic E-state index is 13.4. The van der Waals surface area contributed by atoms with Gasteiger partial charge in [-0.15, -0.1) is 5.10 Å². The van der Waals surface area contributed by atoms with Crippen LogP contribution in [-0.4, -0.2) is 30.8 Å². The van der Waals surface area contributed by atoms with Crippen molar-refractivity contribution in [3.63, 3.8) is 0 Å². The van der Waals surface area contributed by atoms with Crippen molar-refractivity contribution >= 4 is 29.1 Å². The van der Waals surface area contributed by atoms with E-state index in [1.807, 2.05) is 25.1 Å². The number of benzene rings is 2. The summed E-state index contributed by atoms with van der Waals surface area (Å²) in [5.41, 5.74) is 3.13. The monoisotopic (exact) mass is 458 g/mol. The summed E-state index contributed by atoms with van der Waals surface area (Å²) in [6, 6.07) is 16.9. The predicted molar refractivity (Wildman–Crippen MR) is 126 cm³/mol. The van der Waals surface area contributed by atoms with Crippen LogP contribution in [-0.2, 0) is 4.79 Å². The summed E-state index contributed by atoms with van der Waals surface area (Å²) >= 11 is 6.57. The van der Waals surface area contributed by atoms with Gasteiger partial charge < -0.3 is 15.7 Å². The number of halogens is 1. The molecule has 2 aromatic carbocycles. The zero-order valence-corrected chi connectivity index (χ0v) is 18.3. The Morgan fingerprint density at radius 1 is 1.12 bits per heavy atom. The van der Waals surface area contributed by atoms with Crippen LogP contribution < -0.4 is 10.6 Å². The number of pyridine rings is 1. The van der Waals surface area contributed by atoms with Crippen molar-refractivity contribution in [1.29, 1.82) is 0 Å². The molecule has 0 unspecified atom stereocenters. The summed E-state index contributed by atoms with van der Waals surface area (Å²) in [5, 5.41) is 20.9. The number of carbonyl (C=O) groups is 1. The molecule has 5 rings (SSSR count). The van der Waals surface area contributed by atoms with Gasteiger partial charge in [-0.2, -0.15) is 4.98 Å². The zero-order valence-electron chi connectivity index (χ0n) is 17.5. The Morgan fingerprint density at radius 2 is 1.91 bits per heavy atom. The van der Waals surface area contributed by atoms with Gasteiger partial charge >= 0.3 is 0 Å². The molecule has 0 spiro atoms. The molecule has 0 saturated carbocycles. The number of aromatic hydroxyl groups is 1. The predicted octanol–water partition coefficient (Wildman–Crippen LogP) is 4.63. The van der Waals surface area contributed by atoms with Crippen LogP contribution in [0.5, 0.6) is 5.75 Å². The normalized spacial score (nSPS) is 15.0. The fraction of sp³-hybridized carbons (Fsp3) is 0.0833. The van der Waals surface area contributed by atoms with E-state index in [0.29, 0.717) is 33.8 Å². The van der Waals surface area contributed by atoms with Crippen LogP contribution in [0.2, 0.25) is 5.02 Å². The largest absolute Gasteiger partial charge is 0.508 e. The van der Waals surface area contributed by atoms with E-state index in [1.54, 1.807) is 59.5 Å². The summed E-state index contributed by atoms with van der Waals surface area (Å²) in [4.78, 5) is 22.1. The minimum absolute atomic E-state index is 0.154. The van der Waals surface area contributed by atoms with Crippen LogP contribution in [0, 0.1) is 0 Å². The zero-order chi connectivity index (χ0) is 22.9. The van der Waals surface area contributed by atoms with Crippen molar-refractivity contribution < 1.29 is 9.90 Å². The molecule has 33 heavy (non-hydrogen) atoms. The number of carbonyl (C=O) groups excluding carboxylic acids is 1. The highest BCUT2D eigenvalue weighted by Crippen LogP contribution is 2.39. The van der Waals surface area contributed by atoms with Crippen molar-refractivity contribution in [2.24, 2.45) is 0 Å². The van der Waals surface area contributed by atoms with Crippen LogP contribution in [0.1, 0.15) is 18.5 Å². The summed E-state index contributed by atoms with van der Waals surface area (Å²) in [5.74, 6) is 0.793. The van der Waals surface area contributed by atoms with Gasteiger partial charge in [0.25, 0.3) is 5.91 Å². The van der Waals surface area contributed by atoms with Gasteiger partial charge in [0.2, 0.25) is 5.95 Å². The first kappa shape index (κ1) is 20.7. The second kappa shape index (κ2) is 8.40. The number of nitrogens with one attached hydrogen (secondary N) is 2. The van der Waals surface area contributed by atoms with Crippen LogP contribution in [0.4, 0.5) is 11.6 Å². The Labute approximate surface area is 194 Å². The number of phenolic OH excluding ortho intramolecular Hbond substituents is 1. The average Bonchev–Trinajstić information content (AvgIpc) is 3.23. The first-order valence-corrected chi connectivity index (χ1v) is 10.6. The maximum atomic E-state index is 13.4. The Hall–Kier alpha value is -4.17. The van der Waals surface area contributed by atoms with E-state index in [-0.39, 0.29) is 11.7 Å². The van der Waals surface area contributed by atoms with Gasteiger partial charge in [0.05, 0.1) is 17.5 Å². The highest BCUT2D eigenvalue weighted by atomic mass is 35.5. The number of nitrogens with zero attached hydrogens (tertiary/aromatic N) is 4. The van der Waals surface area contributed by atoms with Crippen LogP contribution in [0.15, 0.2) is 84.3 Å². The van der Waals surface area contributed by atoms with E-state index < -0.39 is 6.04 Å². The molecule has 4 aromatic rings. The lowest BCUT2D eigenvalue weighted by Gasteiger charge is -2.29. The maximum Gasteiger partial charge on any atom is 0.255 e. The number of anilines is 2. The molecule has 1 aliphatic rings. The topological polar surface area (TPSA) is 105 Å². The quantitative estimate of drug-likeness (QED) is 0.412. The summed E-state index contributed by atoms with van der Waals surface area (Å²) in [6.45, 7) is 1.82. The first-order valence-electron chi connectivity index (χ1n) is 10.2. The molecule has 0 radical (unpaired) electrons. The van der Waals surface area contributed by atoms with Crippen LogP contribution >= 0.6 is 11.6 Å². The van der Waals surface area contributed by atoms with Crippen molar-refractivity contribution in [1.82, 2.24) is 19.7 Å². The van der Waals surface area contributed by atoms with E-state index in [0.717, 1.165) is 11.1 Å². The van der Waals surface area contributed by atoms with Crippen molar-refractivity contribution in [3.05, 3.63) is 94.9 Å². The number of hydrogen-bond donors (Lipinski definition) is 3. The number of aromatic nitrogens is 4. The molecule has 0 aliphatic carbocycles. The van der Waals surface area contributed by atoms with Gasteiger partial charge in [-0.1, -0.05) is 29.8 Å². The Morgan fingerprint density at radius 3 is 2.64 bits per heavy atom. The molecule has 164 valence electrons. The molecule has 8 nitrogen and oxygen atoms in total. The van der Waals surface area contributed by atoms with E-state index >= 15 is 0 Å². The van der Waals surface area contributed by atoms with Gasteiger partial charge in [-0.25, -0.2) is 4.68 Å². The highest BCUT2D eigenvalue weighted by Gasteiger charge is 2.35. The molecule has 2 aromatic heterocycles. The van der Waals surface area contributed by atoms with E-state index in [4.69, 9.17) is 16.7 Å². The van der Waals surface area contributed by atoms with Crippen LogP contribution in [0.3, 0.4) is 0 Å². The fourth-order valence-corrected chi connectivity index (χ4v) is 4.04. The highest BCUT2D eigenvalue weighted by molar-refractivity contribution is 6.31. The third-order valence-electron chi connectivity index (χ3n) is 5.34. The average molecular weight is 459 g/mol. The number of hydrogen-bond acceptors (Lipinski definition) is 6. The molecule has 3 heterocycles. The summed E-state index contributed by atoms with van der Waals surface area (Å²) < 4.78 is 1.66.